The van der Waals surface area contributed by atoms with E-state index in [9.17, 15) is 128 Å². The quantitative estimate of drug-likeness (QED) is 0.0214. The van der Waals surface area contributed by atoms with Gasteiger partial charge in [-0.3, -0.25) is 131 Å². The molecule has 3 saturated heterocycles. The zero-order valence-electron chi connectivity index (χ0n) is 63.2. The minimum atomic E-state index is -1.52. The van der Waals surface area contributed by atoms with E-state index in [1.807, 2.05) is 0 Å². The molecule has 0 aromatic heterocycles. The summed E-state index contributed by atoms with van der Waals surface area (Å²) in [6, 6.07) is 0.923. The van der Waals surface area contributed by atoms with Crippen LogP contribution in [-0.4, -0.2) is 479 Å². The lowest BCUT2D eigenvalue weighted by atomic mass is 10.0. The Morgan fingerprint density at radius 3 is 0.858 bits per heavy atom. The van der Waals surface area contributed by atoms with Crippen LogP contribution in [0.15, 0.2) is 29.3 Å². The van der Waals surface area contributed by atoms with Crippen molar-refractivity contribution in [3.63, 3.8) is 0 Å². The Hall–Kier alpha value is -9.41. The Morgan fingerprint density at radius 2 is 0.611 bits per heavy atom. The minimum absolute atomic E-state index is 0.000426. The number of carboxylic acids is 12. The molecule has 3 heterocycles. The molecule has 3 amide bonds. The molecule has 0 bridgehead atoms. The van der Waals surface area contributed by atoms with E-state index in [2.05, 4.69) is 20.8 Å². The standard InChI is InChI=1S/C69H108N16O27S/c86-55(8-5-52(67(107)108)82-31-25-76(42-61(95)96)19-13-73(39-58(89)90)14-20-77(26-32-82)43-62(97)98)70-11-12-85(57(88)10-7-54(69(111)112)84-35-29-80(46-65(103)104)23-17-75(41-60(93)94)18-24-81(30-36-84)47-66(105)106)38-51(37-49-1-3-50(4-2-49)71-48-113)72-56(87)9-6-53(68(109)110)83-33-27-78(44-63(99)100)21-15-74(40-59(91)92)16-22-79(28-34-83)45-64(101)102/h1-4,51-54H,5-47H2,(H,70,86)(H,72,87)(H,89,90)(H,91,92)(H,93,94)(H,95,96)(H,97,98)(H,99,100)(H,101,102)(H,103,104)(H,105,106)(H,107,108)(H,109,110)(H,111,112)/t51-,52?,53-,54?/m0/s1. The molecule has 0 saturated carbocycles. The maximum absolute atomic E-state index is 15.2. The van der Waals surface area contributed by atoms with Crippen molar-refractivity contribution in [2.75, 3.05) is 236 Å². The van der Waals surface area contributed by atoms with E-state index in [0.717, 1.165) is 0 Å². The van der Waals surface area contributed by atoms with Crippen LogP contribution < -0.4 is 10.6 Å². The molecule has 43 nitrogen and oxygen atoms in total. The lowest BCUT2D eigenvalue weighted by Gasteiger charge is -2.35. The molecule has 0 aliphatic carbocycles. The van der Waals surface area contributed by atoms with E-state index in [-0.39, 0.29) is 183 Å². The van der Waals surface area contributed by atoms with Crippen LogP contribution in [-0.2, 0) is 78.3 Å². The number of isothiocyanates is 1. The van der Waals surface area contributed by atoms with Crippen LogP contribution in [0.2, 0.25) is 0 Å². The fourth-order valence-electron chi connectivity index (χ4n) is 13.6. The molecule has 632 valence electrons. The smallest absolute Gasteiger partial charge is 0.320 e. The van der Waals surface area contributed by atoms with Gasteiger partial charge in [0, 0.05) is 196 Å². The van der Waals surface area contributed by atoms with Gasteiger partial charge in [-0.1, -0.05) is 12.1 Å². The second kappa shape index (κ2) is 51.4. The van der Waals surface area contributed by atoms with Crippen molar-refractivity contribution in [2.24, 2.45) is 4.99 Å². The van der Waals surface area contributed by atoms with Gasteiger partial charge < -0.3 is 76.8 Å². The first-order chi connectivity index (χ1) is 53.5. The third-order valence-electron chi connectivity index (χ3n) is 19.4. The fourth-order valence-corrected chi connectivity index (χ4v) is 13.7. The van der Waals surface area contributed by atoms with Crippen molar-refractivity contribution in [1.29, 1.82) is 0 Å². The Bertz CT molecular complexity index is 3300. The predicted molar refractivity (Wildman–Crippen MR) is 400 cm³/mol. The molecular formula is C69H108N16O27S. The second-order valence-corrected chi connectivity index (χ2v) is 28.0. The average Bonchev–Trinajstić information content (AvgIpc) is 0.869. The summed E-state index contributed by atoms with van der Waals surface area (Å²) in [6.45, 7) is -6.28. The molecule has 1 aromatic carbocycles. The van der Waals surface area contributed by atoms with Crippen molar-refractivity contribution in [3.8, 4) is 0 Å². The maximum Gasteiger partial charge on any atom is 0.320 e. The SMILES string of the molecule is O=C(O)CN1CCN(CC(=O)O)CCN(C(CCC(=O)NCCN(C[C@H](Cc2ccc(N=C=S)cc2)NC(=O)CC[C@@H](C(=O)O)N2CCN(CC(=O)O)CCN(CC(=O)O)CCN(CC(=O)O)CC2)C(=O)CCC(C(=O)O)N2CCN(CC(=O)O)CCN(CC(=O)O)CCN(CC(=O)O)CC2)C(=O)O)CCN(CC(=O)O)CC1. The Labute approximate surface area is 657 Å². The third kappa shape index (κ3) is 40.3. The fraction of sp³-hybridized carbons (Fsp3) is 0.681. The zero-order chi connectivity index (χ0) is 83.7. The molecule has 113 heavy (non-hydrogen) atoms. The monoisotopic (exact) mass is 1620 g/mol. The number of thiocarbonyl (C=S) groups is 1. The molecular weight excluding hydrogens is 1520 g/mol. The van der Waals surface area contributed by atoms with E-state index in [4.69, 9.17) is 12.2 Å². The number of rotatable bonds is 42. The van der Waals surface area contributed by atoms with E-state index >= 15 is 4.79 Å². The molecule has 4 rings (SSSR count). The molecule has 14 N–H and O–H groups in total. The van der Waals surface area contributed by atoms with Crippen LogP contribution >= 0.6 is 12.2 Å². The van der Waals surface area contributed by atoms with Crippen molar-refractivity contribution in [1.82, 2.24) is 74.3 Å². The van der Waals surface area contributed by atoms with Gasteiger partial charge in [0.2, 0.25) is 17.7 Å². The number of carboxylic acid groups (broad SMARTS) is 12. The predicted octanol–water partition coefficient (Wildman–Crippen LogP) is -5.48. The number of carbonyl (C=O) groups excluding carboxylic acids is 3. The molecule has 0 spiro atoms. The minimum Gasteiger partial charge on any atom is -0.480 e. The molecule has 1 aromatic rings. The highest BCUT2D eigenvalue weighted by atomic mass is 32.1. The van der Waals surface area contributed by atoms with Gasteiger partial charge in [0.25, 0.3) is 0 Å². The first-order valence-corrected chi connectivity index (χ1v) is 37.3. The highest BCUT2D eigenvalue weighted by Crippen LogP contribution is 2.19. The molecule has 3 aliphatic rings. The summed E-state index contributed by atoms with van der Waals surface area (Å²) in [4.78, 5) is 215. The van der Waals surface area contributed by atoms with Crippen molar-refractivity contribution >= 4 is 112 Å². The van der Waals surface area contributed by atoms with Crippen molar-refractivity contribution in [2.45, 2.75) is 69.1 Å². The van der Waals surface area contributed by atoms with Gasteiger partial charge in [0.1, 0.15) is 18.1 Å². The highest BCUT2D eigenvalue weighted by Gasteiger charge is 2.35. The number of nitrogens with zero attached hydrogens (tertiary/aromatic N) is 14. The van der Waals surface area contributed by atoms with Crippen LogP contribution in [0.3, 0.4) is 0 Å². The van der Waals surface area contributed by atoms with Gasteiger partial charge in [-0.05, 0) is 55.6 Å². The summed E-state index contributed by atoms with van der Waals surface area (Å²) in [5, 5.41) is 128. The Balaban J connectivity index is 1.75. The summed E-state index contributed by atoms with van der Waals surface area (Å²) < 4.78 is 0. The summed E-state index contributed by atoms with van der Waals surface area (Å²) in [5.74, 6) is -17.4. The van der Waals surface area contributed by atoms with Crippen molar-refractivity contribution < 1.29 is 133 Å². The van der Waals surface area contributed by atoms with Gasteiger partial charge in [-0.25, -0.2) is 0 Å². The number of benzene rings is 1. The lowest BCUT2D eigenvalue weighted by Crippen LogP contribution is -2.52. The normalized spacial score (nSPS) is 18.7. The first-order valence-electron chi connectivity index (χ1n) is 36.9. The number of hydrogen-bond acceptors (Lipinski definition) is 29. The van der Waals surface area contributed by atoms with Gasteiger partial charge in [-0.2, -0.15) is 4.99 Å². The van der Waals surface area contributed by atoms with Crippen LogP contribution in [0.25, 0.3) is 0 Å². The Morgan fingerprint density at radius 1 is 0.363 bits per heavy atom. The highest BCUT2D eigenvalue weighted by molar-refractivity contribution is 7.78. The van der Waals surface area contributed by atoms with E-state index in [1.54, 1.807) is 24.3 Å². The van der Waals surface area contributed by atoms with Gasteiger partial charge in [-0.15, -0.1) is 0 Å². The summed E-state index contributed by atoms with van der Waals surface area (Å²) in [7, 11) is 0. The van der Waals surface area contributed by atoms with Gasteiger partial charge in [0.15, 0.2) is 0 Å². The number of aliphatic carboxylic acids is 12. The number of nitrogens with one attached hydrogen (secondary N) is 2. The van der Waals surface area contributed by atoms with E-state index in [1.165, 1.54) is 63.7 Å². The number of hydrogen-bond donors (Lipinski definition) is 14. The first kappa shape index (κ1) is 96.0. The third-order valence-corrected chi connectivity index (χ3v) is 19.5. The number of amides is 3. The molecule has 2 unspecified atom stereocenters. The zero-order valence-corrected chi connectivity index (χ0v) is 64.0. The summed E-state index contributed by atoms with van der Waals surface area (Å²) in [5.41, 5.74) is 0.921. The molecule has 4 atom stereocenters. The van der Waals surface area contributed by atoms with Gasteiger partial charge >= 0.3 is 71.6 Å². The molecule has 3 fully saturated rings. The number of aliphatic imine (C=N–C) groups is 1. The van der Waals surface area contributed by atoms with Crippen LogP contribution in [0.5, 0.6) is 0 Å². The summed E-state index contributed by atoms with van der Waals surface area (Å²) >= 11 is 4.80. The van der Waals surface area contributed by atoms with Gasteiger partial charge in [0.05, 0.1) is 75.8 Å². The number of carbonyl (C=O) groups is 15. The Kier molecular flexibility index (Phi) is 43.6. The van der Waals surface area contributed by atoms with Crippen molar-refractivity contribution in [3.05, 3.63) is 29.8 Å². The topological polar surface area (TPSA) is 577 Å². The second-order valence-electron chi connectivity index (χ2n) is 27.8. The summed E-state index contributed by atoms with van der Waals surface area (Å²) in [6.07, 6.45) is -2.82. The van der Waals surface area contributed by atoms with E-state index < -0.39 is 211 Å². The molecule has 3 aliphatic heterocycles. The van der Waals surface area contributed by atoms with E-state index in [0.29, 0.717) is 11.3 Å². The lowest BCUT2D eigenvalue weighted by molar-refractivity contribution is -0.146. The molecule has 44 heteroatoms. The van der Waals surface area contributed by atoms with Crippen LogP contribution in [0.1, 0.15) is 44.1 Å². The molecule has 0 radical (unpaired) electrons. The average molecular weight is 1630 g/mol. The van der Waals surface area contributed by atoms with Crippen LogP contribution in [0, 0.1) is 0 Å². The largest absolute Gasteiger partial charge is 0.480 e. The van der Waals surface area contributed by atoms with Crippen LogP contribution in [0.4, 0.5) is 5.69 Å². The maximum atomic E-state index is 15.2.